The number of hydrogen-bond donors (Lipinski definition) is 0. The van der Waals surface area contributed by atoms with E-state index in [1.807, 2.05) is 61.4 Å². The predicted octanol–water partition coefficient (Wildman–Crippen LogP) is 5.60. The van der Waals surface area contributed by atoms with Gasteiger partial charge in [0.05, 0.1) is 11.4 Å². The van der Waals surface area contributed by atoms with Crippen molar-refractivity contribution in [1.82, 2.24) is 0 Å². The molecule has 132 valence electrons. The van der Waals surface area contributed by atoms with E-state index in [-0.39, 0.29) is 0 Å². The molecule has 0 amide bonds. The van der Waals surface area contributed by atoms with Gasteiger partial charge in [0.1, 0.15) is 0 Å². The smallest absolute Gasteiger partial charge is 0.0672 e. The zero-order valence-electron chi connectivity index (χ0n) is 15.6. The number of halogens is 1. The van der Waals surface area contributed by atoms with E-state index in [1.54, 1.807) is 0 Å². The van der Waals surface area contributed by atoms with Crippen molar-refractivity contribution in [2.45, 2.75) is 20.8 Å². The fraction of sp³-hybridized carbons (Fsp3) is 0.286. The fourth-order valence-electron chi connectivity index (χ4n) is 2.53. The lowest BCUT2D eigenvalue weighted by Gasteiger charge is -2.22. The van der Waals surface area contributed by atoms with E-state index in [0.717, 1.165) is 29.2 Å². The van der Waals surface area contributed by atoms with Crippen LogP contribution in [0.4, 0.5) is 11.4 Å². The van der Waals surface area contributed by atoms with Crippen LogP contribution in [0.5, 0.6) is 0 Å². The molecule has 0 spiro atoms. The van der Waals surface area contributed by atoms with Gasteiger partial charge in [-0.3, -0.25) is 5.01 Å². The van der Waals surface area contributed by atoms with Crippen LogP contribution >= 0.6 is 11.6 Å². The summed E-state index contributed by atoms with van der Waals surface area (Å²) in [6.45, 7) is 7.08. The number of anilines is 2. The van der Waals surface area contributed by atoms with Crippen LogP contribution in [-0.2, 0) is 0 Å². The minimum absolute atomic E-state index is 0.714. The number of hydrogen-bond acceptors (Lipinski definition) is 3. The molecule has 4 heteroatoms. The highest BCUT2D eigenvalue weighted by Crippen LogP contribution is 2.25. The largest absolute Gasteiger partial charge is 0.370 e. The number of allylic oxidation sites excluding steroid dienone is 1. The quantitative estimate of drug-likeness (QED) is 0.381. The molecular weight excluding hydrogens is 330 g/mol. The summed E-state index contributed by atoms with van der Waals surface area (Å²) in [4.78, 5) is 2.21. The molecule has 3 nitrogen and oxygen atoms in total. The second-order valence-electron chi connectivity index (χ2n) is 6.37. The van der Waals surface area contributed by atoms with Gasteiger partial charge in [0.2, 0.25) is 0 Å². The normalized spacial score (nSPS) is 11.2. The molecule has 2 aromatic carbocycles. The molecule has 0 aliphatic carbocycles. The third kappa shape index (κ3) is 5.36. The van der Waals surface area contributed by atoms with Crippen LogP contribution in [0.1, 0.15) is 26.3 Å². The Morgan fingerprint density at radius 2 is 1.72 bits per heavy atom. The van der Waals surface area contributed by atoms with E-state index < -0.39 is 0 Å². The molecule has 0 aliphatic rings. The lowest BCUT2D eigenvalue weighted by molar-refractivity contribution is 1.00. The molecular formula is C21H26ClN3. The van der Waals surface area contributed by atoms with Gasteiger partial charge >= 0.3 is 0 Å². The first-order chi connectivity index (χ1) is 11.9. The Bertz CT molecular complexity index is 762. The first-order valence-corrected chi connectivity index (χ1v) is 8.74. The van der Waals surface area contributed by atoms with Gasteiger partial charge in [0, 0.05) is 36.9 Å². The van der Waals surface area contributed by atoms with Crippen molar-refractivity contribution in [3.63, 3.8) is 0 Å². The Balaban J connectivity index is 2.35. The van der Waals surface area contributed by atoms with Crippen molar-refractivity contribution < 1.29 is 0 Å². The summed E-state index contributed by atoms with van der Waals surface area (Å²) in [6.07, 6.45) is 2.21. The van der Waals surface area contributed by atoms with Crippen molar-refractivity contribution in [2.75, 3.05) is 30.5 Å². The summed E-state index contributed by atoms with van der Waals surface area (Å²) in [5.74, 6) is 0. The Labute approximate surface area is 156 Å². The Kier molecular flexibility index (Phi) is 6.65. The van der Waals surface area contributed by atoms with Gasteiger partial charge in [-0.25, -0.2) is 0 Å². The summed E-state index contributed by atoms with van der Waals surface area (Å²) in [5, 5.41) is 7.35. The molecule has 0 saturated carbocycles. The highest BCUT2D eigenvalue weighted by Gasteiger charge is 2.11. The molecule has 0 bridgehead atoms. The van der Waals surface area contributed by atoms with Crippen LogP contribution in [0, 0.1) is 0 Å². The Morgan fingerprint density at radius 3 is 2.36 bits per heavy atom. The molecule has 2 rings (SSSR count). The lowest BCUT2D eigenvalue weighted by atomic mass is 10.1. The molecule has 0 aromatic heterocycles. The summed E-state index contributed by atoms with van der Waals surface area (Å²) in [5.41, 5.74) is 5.43. The zero-order valence-corrected chi connectivity index (χ0v) is 16.4. The number of benzene rings is 2. The standard InChI is InChI=1S/C21H26ClN3/c1-16(2)13-14-24(4)21-12-11-18(22)15-20(21)17(3)23-25(5)19-9-7-6-8-10-19/h6-13,15H,14H2,1-5H3/b23-17+. The maximum atomic E-state index is 6.25. The van der Waals surface area contributed by atoms with Crippen molar-refractivity contribution in [1.29, 1.82) is 0 Å². The van der Waals surface area contributed by atoms with E-state index in [1.165, 1.54) is 5.57 Å². The topological polar surface area (TPSA) is 18.8 Å². The summed E-state index contributed by atoms with van der Waals surface area (Å²) < 4.78 is 0. The first-order valence-electron chi connectivity index (χ1n) is 8.37. The van der Waals surface area contributed by atoms with Gasteiger partial charge in [-0.15, -0.1) is 0 Å². The van der Waals surface area contributed by atoms with E-state index >= 15 is 0 Å². The highest BCUT2D eigenvalue weighted by atomic mass is 35.5. The van der Waals surface area contributed by atoms with E-state index in [2.05, 4.69) is 37.9 Å². The molecule has 0 radical (unpaired) electrons. The summed E-state index contributed by atoms with van der Waals surface area (Å²) in [7, 11) is 4.04. The molecule has 2 aromatic rings. The Morgan fingerprint density at radius 1 is 1.04 bits per heavy atom. The molecule has 0 N–H and O–H groups in total. The van der Waals surface area contributed by atoms with Gasteiger partial charge in [-0.05, 0) is 51.1 Å². The van der Waals surface area contributed by atoms with Gasteiger partial charge < -0.3 is 4.90 Å². The van der Waals surface area contributed by atoms with Crippen LogP contribution < -0.4 is 9.91 Å². The van der Waals surface area contributed by atoms with Crippen LogP contribution in [-0.4, -0.2) is 26.4 Å². The molecule has 0 unspecified atom stereocenters. The second kappa shape index (κ2) is 8.72. The number of rotatable bonds is 6. The second-order valence-corrected chi connectivity index (χ2v) is 6.80. The lowest BCUT2D eigenvalue weighted by Crippen LogP contribution is -2.21. The maximum Gasteiger partial charge on any atom is 0.0672 e. The molecule has 0 saturated heterocycles. The number of likely N-dealkylation sites (N-methyl/N-ethyl adjacent to an activating group) is 1. The summed E-state index contributed by atoms with van der Waals surface area (Å²) in [6, 6.07) is 16.1. The number of hydrazone groups is 1. The van der Waals surface area contributed by atoms with Crippen LogP contribution in [0.2, 0.25) is 5.02 Å². The van der Waals surface area contributed by atoms with Gasteiger partial charge in [-0.2, -0.15) is 5.10 Å². The first kappa shape index (κ1) is 19.1. The van der Waals surface area contributed by atoms with Gasteiger partial charge in [-0.1, -0.05) is 41.4 Å². The zero-order chi connectivity index (χ0) is 18.4. The van der Waals surface area contributed by atoms with E-state index in [9.17, 15) is 0 Å². The minimum atomic E-state index is 0.714. The number of para-hydroxylation sites is 1. The van der Waals surface area contributed by atoms with Crippen molar-refractivity contribution in [2.24, 2.45) is 5.10 Å². The van der Waals surface area contributed by atoms with Gasteiger partial charge in [0.15, 0.2) is 0 Å². The van der Waals surface area contributed by atoms with E-state index in [0.29, 0.717) is 5.02 Å². The van der Waals surface area contributed by atoms with Crippen molar-refractivity contribution in [3.8, 4) is 0 Å². The third-order valence-electron chi connectivity index (χ3n) is 3.96. The van der Waals surface area contributed by atoms with Gasteiger partial charge in [0.25, 0.3) is 0 Å². The number of nitrogens with zero attached hydrogens (tertiary/aromatic N) is 3. The SMILES string of the molecule is CC(C)=CCN(C)c1ccc(Cl)cc1/C(C)=N/N(C)c1ccccc1. The highest BCUT2D eigenvalue weighted by molar-refractivity contribution is 6.31. The van der Waals surface area contributed by atoms with Crippen LogP contribution in [0.3, 0.4) is 0 Å². The Hall–Kier alpha value is -2.26. The molecule has 25 heavy (non-hydrogen) atoms. The third-order valence-corrected chi connectivity index (χ3v) is 4.20. The average Bonchev–Trinajstić information content (AvgIpc) is 2.60. The monoisotopic (exact) mass is 355 g/mol. The minimum Gasteiger partial charge on any atom is -0.370 e. The fourth-order valence-corrected chi connectivity index (χ4v) is 2.70. The van der Waals surface area contributed by atoms with Crippen molar-refractivity contribution in [3.05, 3.63) is 70.8 Å². The van der Waals surface area contributed by atoms with Crippen LogP contribution in [0.25, 0.3) is 0 Å². The van der Waals surface area contributed by atoms with E-state index in [4.69, 9.17) is 16.7 Å². The predicted molar refractivity (Wildman–Crippen MR) is 111 cm³/mol. The molecule has 0 heterocycles. The van der Waals surface area contributed by atoms with Crippen molar-refractivity contribution >= 4 is 28.7 Å². The molecule has 0 atom stereocenters. The molecule has 0 fully saturated rings. The van der Waals surface area contributed by atoms with Crippen LogP contribution in [0.15, 0.2) is 65.3 Å². The maximum absolute atomic E-state index is 6.25. The summed E-state index contributed by atoms with van der Waals surface area (Å²) >= 11 is 6.25. The molecule has 0 aliphatic heterocycles. The average molecular weight is 356 g/mol.